The third-order valence-electron chi connectivity index (χ3n) is 4.59. The molecule has 0 aliphatic heterocycles. The minimum Gasteiger partial charge on any atom is -0.424 e. The molecule has 14 heteroatoms. The van der Waals surface area contributed by atoms with E-state index in [4.69, 9.17) is 9.79 Å². The van der Waals surface area contributed by atoms with E-state index in [-0.39, 0.29) is 21.4 Å². The number of halogens is 1. The van der Waals surface area contributed by atoms with Crippen molar-refractivity contribution in [2.75, 3.05) is 32.2 Å². The number of rotatable bonds is 10. The van der Waals surface area contributed by atoms with Crippen molar-refractivity contribution in [3.05, 3.63) is 53.8 Å². The minimum atomic E-state index is -4.53. The summed E-state index contributed by atoms with van der Waals surface area (Å²) in [5.41, 5.74) is 0.241. The highest BCUT2D eigenvalue weighted by Crippen LogP contribution is 2.42. The molecule has 1 amide bonds. The van der Waals surface area contributed by atoms with Gasteiger partial charge in [0.25, 0.3) is 10.0 Å². The van der Waals surface area contributed by atoms with Crippen LogP contribution in [-0.4, -0.2) is 51.0 Å². The number of hydrogen-bond donors (Lipinski definition) is 3. The first kappa shape index (κ1) is 26.7. The fourth-order valence-electron chi connectivity index (χ4n) is 2.86. The molecule has 3 N–H and O–H groups in total. The van der Waals surface area contributed by atoms with Crippen LogP contribution >= 0.6 is 18.9 Å². The second-order valence-electron chi connectivity index (χ2n) is 7.71. The number of nitrogens with one attached hydrogen (secondary N) is 2. The summed E-state index contributed by atoms with van der Waals surface area (Å²) in [5.74, 6) is -1.44. The number of thiophene rings is 1. The second kappa shape index (κ2) is 10.8. The highest BCUT2D eigenvalue weighted by atomic mass is 32.2. The topological polar surface area (TPSA) is 149 Å². The number of nitriles is 1. The van der Waals surface area contributed by atoms with Crippen molar-refractivity contribution in [2.24, 2.45) is 0 Å². The third-order valence-corrected chi connectivity index (χ3v) is 8.85. The van der Waals surface area contributed by atoms with E-state index in [0.29, 0.717) is 28.7 Å². The molecule has 0 aliphatic carbocycles. The maximum Gasteiger partial charge on any atom is 0.391 e. The van der Waals surface area contributed by atoms with E-state index >= 15 is 0 Å². The van der Waals surface area contributed by atoms with Crippen LogP contribution in [0.4, 0.5) is 10.1 Å². The molecule has 186 valence electrons. The van der Waals surface area contributed by atoms with Gasteiger partial charge in [-0.3, -0.25) is 4.79 Å². The highest BCUT2D eigenvalue weighted by molar-refractivity contribution is 7.92. The van der Waals surface area contributed by atoms with E-state index in [0.717, 1.165) is 29.5 Å². The van der Waals surface area contributed by atoms with Gasteiger partial charge in [-0.2, -0.15) is 9.98 Å². The Hall–Kier alpha value is -2.85. The van der Waals surface area contributed by atoms with Gasteiger partial charge >= 0.3 is 7.60 Å². The Morgan fingerprint density at radius 2 is 2.00 bits per heavy atom. The Morgan fingerprint density at radius 1 is 1.26 bits per heavy atom. The number of amides is 1. The summed E-state index contributed by atoms with van der Waals surface area (Å²) in [7, 11) is -4.99. The van der Waals surface area contributed by atoms with Crippen molar-refractivity contribution >= 4 is 50.6 Å². The van der Waals surface area contributed by atoms with Crippen molar-refractivity contribution in [3.8, 4) is 11.8 Å². The SMILES string of the molecule is CN(C)CCC(=O)Nc1ccc2sc(S(=O)(=O)NCP(=O)(O)Oc3ccc(C#N)c(F)c3)cc2c1. The Morgan fingerprint density at radius 3 is 2.66 bits per heavy atom. The zero-order chi connectivity index (χ0) is 25.8. The predicted molar refractivity (Wildman–Crippen MR) is 130 cm³/mol. The minimum absolute atomic E-state index is 0.104. The molecule has 1 atom stereocenters. The fourth-order valence-corrected chi connectivity index (χ4v) is 6.78. The Labute approximate surface area is 205 Å². The van der Waals surface area contributed by atoms with Crippen molar-refractivity contribution in [2.45, 2.75) is 10.6 Å². The number of carbonyl (C=O) groups is 1. The lowest BCUT2D eigenvalue weighted by molar-refractivity contribution is -0.116. The maximum absolute atomic E-state index is 13.7. The summed E-state index contributed by atoms with van der Waals surface area (Å²) < 4.78 is 58.8. The van der Waals surface area contributed by atoms with E-state index in [1.54, 1.807) is 24.3 Å². The van der Waals surface area contributed by atoms with Gasteiger partial charge in [0, 0.05) is 29.4 Å². The fraction of sp³-hybridized carbons (Fsp3) is 0.238. The number of hydrogen-bond acceptors (Lipinski definition) is 8. The van der Waals surface area contributed by atoms with Crippen LogP contribution in [0, 0.1) is 17.1 Å². The van der Waals surface area contributed by atoms with E-state index < -0.39 is 29.7 Å². The molecule has 0 fully saturated rings. The van der Waals surface area contributed by atoms with Crippen molar-refractivity contribution in [1.82, 2.24) is 9.62 Å². The van der Waals surface area contributed by atoms with Crippen molar-refractivity contribution < 1.29 is 31.6 Å². The zero-order valence-corrected chi connectivity index (χ0v) is 21.2. The van der Waals surface area contributed by atoms with Gasteiger partial charge in [0.15, 0.2) is 0 Å². The van der Waals surface area contributed by atoms with Crippen LogP contribution in [0.2, 0.25) is 0 Å². The van der Waals surface area contributed by atoms with E-state index in [1.807, 2.05) is 23.7 Å². The molecule has 2 aromatic carbocycles. The molecule has 0 bridgehead atoms. The lowest BCUT2D eigenvalue weighted by atomic mass is 10.2. The van der Waals surface area contributed by atoms with Crippen LogP contribution in [0.1, 0.15) is 12.0 Å². The number of sulfonamides is 1. The molecule has 10 nitrogen and oxygen atoms in total. The Balaban J connectivity index is 1.68. The highest BCUT2D eigenvalue weighted by Gasteiger charge is 2.27. The second-order valence-corrected chi connectivity index (χ2v) is 12.6. The first-order chi connectivity index (χ1) is 16.4. The summed E-state index contributed by atoms with van der Waals surface area (Å²) >= 11 is 0.944. The standard InChI is InChI=1S/C21H22FN4O6PS2/c1-26(2)8-7-20(27)25-16-4-6-19-15(9-16)10-21(34-19)35(30,31)24-13-33(28,29)32-17-5-3-14(12-23)18(22)11-17/h3-6,9-11,24H,7-8,13H2,1-2H3,(H,25,27)(H,28,29). The van der Waals surface area contributed by atoms with Gasteiger partial charge in [0.2, 0.25) is 5.91 Å². The quantitative estimate of drug-likeness (QED) is 0.332. The van der Waals surface area contributed by atoms with E-state index in [9.17, 15) is 27.1 Å². The predicted octanol–water partition coefficient (Wildman–Crippen LogP) is 3.30. The van der Waals surface area contributed by atoms with E-state index in [1.165, 1.54) is 6.07 Å². The van der Waals surface area contributed by atoms with Gasteiger partial charge in [-0.25, -0.2) is 17.4 Å². The van der Waals surface area contributed by atoms with Crippen LogP contribution in [0.25, 0.3) is 10.1 Å². The molecule has 1 heterocycles. The van der Waals surface area contributed by atoms with Crippen molar-refractivity contribution in [3.63, 3.8) is 0 Å². The number of benzene rings is 2. The summed E-state index contributed by atoms with van der Waals surface area (Å²) in [6.45, 7) is 0.582. The molecule has 0 saturated carbocycles. The van der Waals surface area contributed by atoms with Crippen LogP contribution in [0.5, 0.6) is 5.75 Å². The average Bonchev–Trinajstić information content (AvgIpc) is 3.21. The van der Waals surface area contributed by atoms with Crippen molar-refractivity contribution in [1.29, 1.82) is 5.26 Å². The summed E-state index contributed by atoms with van der Waals surface area (Å²) in [5, 5.41) is 12.1. The molecule has 0 aliphatic rings. The van der Waals surface area contributed by atoms with E-state index in [2.05, 4.69) is 5.32 Å². The normalized spacial score (nSPS) is 13.4. The van der Waals surface area contributed by atoms with Gasteiger partial charge in [-0.15, -0.1) is 11.3 Å². The summed E-state index contributed by atoms with van der Waals surface area (Å²) in [4.78, 5) is 23.9. The molecule has 3 rings (SSSR count). The number of fused-ring (bicyclic) bond motifs is 1. The molecule has 0 radical (unpaired) electrons. The lowest BCUT2D eigenvalue weighted by Gasteiger charge is -2.14. The molecule has 0 spiro atoms. The first-order valence-corrected chi connectivity index (χ1v) is 14.1. The monoisotopic (exact) mass is 540 g/mol. The third kappa shape index (κ3) is 7.32. The number of nitrogens with zero attached hydrogens (tertiary/aromatic N) is 2. The maximum atomic E-state index is 13.7. The smallest absolute Gasteiger partial charge is 0.391 e. The molecular formula is C21H22FN4O6PS2. The molecule has 1 unspecified atom stereocenters. The van der Waals surface area contributed by atoms with Gasteiger partial charge in [0.05, 0.1) is 5.56 Å². The Bertz CT molecular complexity index is 1450. The molecule has 3 aromatic rings. The summed E-state index contributed by atoms with van der Waals surface area (Å²) in [6, 6.07) is 10.9. The largest absolute Gasteiger partial charge is 0.424 e. The van der Waals surface area contributed by atoms with Crippen LogP contribution in [-0.2, 0) is 19.4 Å². The van der Waals surface area contributed by atoms with Gasteiger partial charge in [-0.1, -0.05) is 0 Å². The molecule has 1 aromatic heterocycles. The lowest BCUT2D eigenvalue weighted by Crippen LogP contribution is -2.25. The molecular weight excluding hydrogens is 518 g/mol. The van der Waals surface area contributed by atoms with Crippen LogP contribution < -0.4 is 14.6 Å². The van der Waals surface area contributed by atoms with Gasteiger partial charge < -0.3 is 19.6 Å². The zero-order valence-electron chi connectivity index (χ0n) is 18.7. The first-order valence-electron chi connectivity index (χ1n) is 10.1. The van der Waals surface area contributed by atoms with Gasteiger partial charge in [-0.05, 0) is 55.9 Å². The van der Waals surface area contributed by atoms with Crippen LogP contribution in [0.3, 0.4) is 0 Å². The average molecular weight is 541 g/mol. The van der Waals surface area contributed by atoms with Crippen LogP contribution in [0.15, 0.2) is 46.7 Å². The molecule has 0 saturated heterocycles. The Kier molecular flexibility index (Phi) is 8.27. The number of carbonyl (C=O) groups excluding carboxylic acids is 1. The van der Waals surface area contributed by atoms with Gasteiger partial charge in [0.1, 0.15) is 28.1 Å². The summed E-state index contributed by atoms with van der Waals surface area (Å²) in [6.07, 6.45) is -0.658. The molecule has 35 heavy (non-hydrogen) atoms. The number of anilines is 1.